The summed E-state index contributed by atoms with van der Waals surface area (Å²) in [6.07, 6.45) is 0.645. The predicted molar refractivity (Wildman–Crippen MR) is 85.9 cm³/mol. The van der Waals surface area contributed by atoms with Gasteiger partial charge in [0.05, 0.1) is 12.7 Å². The number of rotatable bonds is 9. The summed E-state index contributed by atoms with van der Waals surface area (Å²) in [5.41, 5.74) is 0.338. The molecule has 0 radical (unpaired) electrons. The first-order valence-corrected chi connectivity index (χ1v) is 7.60. The van der Waals surface area contributed by atoms with Gasteiger partial charge >= 0.3 is 0 Å². The van der Waals surface area contributed by atoms with Crippen LogP contribution in [0, 0.1) is 5.92 Å². The van der Waals surface area contributed by atoms with Crippen molar-refractivity contribution < 1.29 is 14.6 Å². The van der Waals surface area contributed by atoms with E-state index in [1.807, 2.05) is 25.1 Å². The summed E-state index contributed by atoms with van der Waals surface area (Å²) in [5.74, 6) is 2.00. The molecule has 1 atom stereocenters. The summed E-state index contributed by atoms with van der Waals surface area (Å²) in [4.78, 5) is 0. The molecular weight excluding hydrogens is 266 g/mol. The Bertz CT molecular complexity index is 430. The molecule has 0 saturated carbocycles. The highest BCUT2D eigenvalue weighted by molar-refractivity contribution is 5.43. The Morgan fingerprint density at radius 1 is 1.29 bits per heavy atom. The first kappa shape index (κ1) is 17.8. The van der Waals surface area contributed by atoms with Crippen molar-refractivity contribution in [2.75, 3.05) is 20.3 Å². The van der Waals surface area contributed by atoms with Gasteiger partial charge in [0.1, 0.15) is 6.61 Å². The lowest BCUT2D eigenvalue weighted by Gasteiger charge is -2.22. The lowest BCUT2D eigenvalue weighted by Crippen LogP contribution is -2.31. The van der Waals surface area contributed by atoms with Crippen LogP contribution < -0.4 is 14.8 Å². The molecule has 4 nitrogen and oxygen atoms in total. The number of nitrogens with one attached hydrogen (secondary N) is 1. The van der Waals surface area contributed by atoms with Gasteiger partial charge in [-0.3, -0.25) is 0 Å². The second-order valence-electron chi connectivity index (χ2n) is 6.15. The van der Waals surface area contributed by atoms with Gasteiger partial charge in [0.15, 0.2) is 11.5 Å². The number of hydrogen-bond acceptors (Lipinski definition) is 4. The monoisotopic (exact) mass is 295 g/mol. The normalized spacial score (nSPS) is 14.0. The number of ether oxygens (including phenoxy) is 2. The van der Waals surface area contributed by atoms with E-state index in [0.29, 0.717) is 23.8 Å². The van der Waals surface area contributed by atoms with Crippen molar-refractivity contribution in [2.24, 2.45) is 5.92 Å². The molecule has 0 aliphatic rings. The second-order valence-corrected chi connectivity index (χ2v) is 6.15. The van der Waals surface area contributed by atoms with E-state index in [2.05, 4.69) is 19.2 Å². The Balaban J connectivity index is 2.66. The van der Waals surface area contributed by atoms with Gasteiger partial charge in [0.2, 0.25) is 0 Å². The molecule has 0 saturated heterocycles. The van der Waals surface area contributed by atoms with Crippen LogP contribution in [0.3, 0.4) is 0 Å². The largest absolute Gasteiger partial charge is 0.493 e. The van der Waals surface area contributed by atoms with Crippen molar-refractivity contribution in [1.82, 2.24) is 5.32 Å². The summed E-state index contributed by atoms with van der Waals surface area (Å²) in [7, 11) is 1.63. The first-order chi connectivity index (χ1) is 9.88. The highest BCUT2D eigenvalue weighted by Crippen LogP contribution is 2.29. The molecule has 0 spiro atoms. The van der Waals surface area contributed by atoms with Gasteiger partial charge in [-0.05, 0) is 43.5 Å². The zero-order valence-electron chi connectivity index (χ0n) is 13.9. The summed E-state index contributed by atoms with van der Waals surface area (Å²) < 4.78 is 11.1. The maximum absolute atomic E-state index is 9.99. The van der Waals surface area contributed by atoms with Crippen LogP contribution in [0.5, 0.6) is 11.5 Å². The third kappa shape index (κ3) is 6.36. The van der Waals surface area contributed by atoms with Crippen LogP contribution in [-0.4, -0.2) is 31.0 Å². The molecule has 0 bridgehead atoms. The Morgan fingerprint density at radius 3 is 2.57 bits per heavy atom. The number of aliphatic hydroxyl groups is 1. The molecule has 4 heteroatoms. The molecule has 1 aromatic rings. The van der Waals surface area contributed by atoms with Crippen LogP contribution in [-0.2, 0) is 6.54 Å². The Hall–Kier alpha value is -1.26. The highest BCUT2D eigenvalue weighted by Gasteiger charge is 2.19. The van der Waals surface area contributed by atoms with E-state index in [-0.39, 0.29) is 6.61 Å². The van der Waals surface area contributed by atoms with Crippen LogP contribution in [0.15, 0.2) is 18.2 Å². The third-order valence-corrected chi connectivity index (χ3v) is 3.41. The molecule has 2 N–H and O–H groups in total. The predicted octanol–water partition coefficient (Wildman–Crippen LogP) is 2.98. The number of benzene rings is 1. The molecule has 1 aromatic carbocycles. The standard InChI is InChI=1S/C17H29NO3/c1-6-17(4,19)12-21-15-8-7-14(9-16(15)20-5)11-18-10-13(2)3/h7-9,13,18-19H,6,10-12H2,1-5H3. The fourth-order valence-electron chi connectivity index (χ4n) is 1.78. The molecule has 0 aromatic heterocycles. The van der Waals surface area contributed by atoms with Crippen molar-refractivity contribution in [3.05, 3.63) is 23.8 Å². The second kappa shape index (κ2) is 8.25. The van der Waals surface area contributed by atoms with Crippen molar-refractivity contribution in [3.8, 4) is 11.5 Å². The lowest BCUT2D eigenvalue weighted by molar-refractivity contribution is 0.00775. The molecular formula is C17H29NO3. The molecule has 0 amide bonds. The van der Waals surface area contributed by atoms with E-state index in [4.69, 9.17) is 9.47 Å². The molecule has 21 heavy (non-hydrogen) atoms. The molecule has 1 unspecified atom stereocenters. The van der Waals surface area contributed by atoms with Crippen molar-refractivity contribution in [1.29, 1.82) is 0 Å². The maximum atomic E-state index is 9.99. The van der Waals surface area contributed by atoms with Gasteiger partial charge in [-0.2, -0.15) is 0 Å². The van der Waals surface area contributed by atoms with Gasteiger partial charge < -0.3 is 19.9 Å². The summed E-state index contributed by atoms with van der Waals surface area (Å²) in [5, 5.41) is 13.4. The van der Waals surface area contributed by atoms with Crippen molar-refractivity contribution in [3.63, 3.8) is 0 Å². The van der Waals surface area contributed by atoms with Gasteiger partial charge in [0, 0.05) is 6.54 Å². The minimum Gasteiger partial charge on any atom is -0.493 e. The molecule has 1 rings (SSSR count). The fraction of sp³-hybridized carbons (Fsp3) is 0.647. The van der Waals surface area contributed by atoms with E-state index in [1.54, 1.807) is 14.0 Å². The minimum absolute atomic E-state index is 0.255. The van der Waals surface area contributed by atoms with Crippen molar-refractivity contribution >= 4 is 0 Å². The van der Waals surface area contributed by atoms with E-state index in [1.165, 1.54) is 0 Å². The average molecular weight is 295 g/mol. The fourth-order valence-corrected chi connectivity index (χ4v) is 1.78. The van der Waals surface area contributed by atoms with Crippen LogP contribution in [0.1, 0.15) is 39.7 Å². The SMILES string of the molecule is CCC(C)(O)COc1ccc(CNCC(C)C)cc1OC. The smallest absolute Gasteiger partial charge is 0.161 e. The maximum Gasteiger partial charge on any atom is 0.161 e. The molecule has 0 heterocycles. The van der Waals surface area contributed by atoms with Crippen LogP contribution in [0.2, 0.25) is 0 Å². The van der Waals surface area contributed by atoms with Gasteiger partial charge in [-0.1, -0.05) is 26.8 Å². The summed E-state index contributed by atoms with van der Waals surface area (Å²) in [6.45, 7) is 10.1. The van der Waals surface area contributed by atoms with Gasteiger partial charge in [0.25, 0.3) is 0 Å². The zero-order chi connectivity index (χ0) is 15.9. The van der Waals surface area contributed by atoms with E-state index >= 15 is 0 Å². The van der Waals surface area contributed by atoms with Crippen LogP contribution >= 0.6 is 0 Å². The summed E-state index contributed by atoms with van der Waals surface area (Å²) >= 11 is 0. The lowest BCUT2D eigenvalue weighted by atomic mass is 10.1. The van der Waals surface area contributed by atoms with Crippen LogP contribution in [0.25, 0.3) is 0 Å². The zero-order valence-corrected chi connectivity index (χ0v) is 13.9. The number of hydrogen-bond donors (Lipinski definition) is 2. The Labute approximate surface area is 128 Å². The molecule has 0 aliphatic heterocycles. The first-order valence-electron chi connectivity index (χ1n) is 7.60. The minimum atomic E-state index is -0.817. The third-order valence-electron chi connectivity index (χ3n) is 3.41. The topological polar surface area (TPSA) is 50.7 Å². The van der Waals surface area contributed by atoms with Crippen LogP contribution in [0.4, 0.5) is 0 Å². The Kier molecular flexibility index (Phi) is 6.99. The van der Waals surface area contributed by atoms with E-state index < -0.39 is 5.60 Å². The van der Waals surface area contributed by atoms with Crippen molar-refractivity contribution in [2.45, 2.75) is 46.3 Å². The quantitative estimate of drug-likeness (QED) is 0.735. The van der Waals surface area contributed by atoms with Gasteiger partial charge in [-0.25, -0.2) is 0 Å². The average Bonchev–Trinajstić information content (AvgIpc) is 2.45. The number of methoxy groups -OCH3 is 1. The molecule has 0 fully saturated rings. The van der Waals surface area contributed by atoms with E-state index in [9.17, 15) is 5.11 Å². The highest BCUT2D eigenvalue weighted by atomic mass is 16.5. The molecule has 0 aliphatic carbocycles. The van der Waals surface area contributed by atoms with E-state index in [0.717, 1.165) is 18.7 Å². The Morgan fingerprint density at radius 2 is 2.00 bits per heavy atom. The summed E-state index contributed by atoms with van der Waals surface area (Å²) in [6, 6.07) is 5.89. The molecule has 120 valence electrons. The van der Waals surface area contributed by atoms with Gasteiger partial charge in [-0.15, -0.1) is 0 Å².